The minimum Gasteiger partial charge on any atom is -0.381 e. The summed E-state index contributed by atoms with van der Waals surface area (Å²) < 4.78 is 5.68. The van der Waals surface area contributed by atoms with Crippen molar-refractivity contribution in [3.8, 4) is 0 Å². The van der Waals surface area contributed by atoms with E-state index in [0.717, 1.165) is 30.6 Å². The van der Waals surface area contributed by atoms with E-state index in [4.69, 9.17) is 4.74 Å². The minimum absolute atomic E-state index is 0.0358. The summed E-state index contributed by atoms with van der Waals surface area (Å²) in [7, 11) is 1.88. The van der Waals surface area contributed by atoms with E-state index in [1.165, 1.54) is 44.9 Å². The standard InChI is InChI=1S/C20H32O2/c1-19-10-8-14(22-3)12-13(19)4-5-15-16-6-7-18(21)20(16,2)11-9-17(15)19/h13-17H,4-12H2,1-3H3/t13-,14-,15-,16?,17-,19-,20-/m0/s1. The number of ketones is 1. The van der Waals surface area contributed by atoms with Crippen LogP contribution in [0.25, 0.3) is 0 Å². The molecule has 0 bridgehead atoms. The topological polar surface area (TPSA) is 26.3 Å². The summed E-state index contributed by atoms with van der Waals surface area (Å²) in [6.07, 6.45) is 11.6. The van der Waals surface area contributed by atoms with Gasteiger partial charge in [-0.3, -0.25) is 4.79 Å². The van der Waals surface area contributed by atoms with Crippen molar-refractivity contribution >= 4 is 5.78 Å². The summed E-state index contributed by atoms with van der Waals surface area (Å²) in [5.74, 6) is 3.82. The molecule has 4 aliphatic rings. The van der Waals surface area contributed by atoms with Crippen LogP contribution < -0.4 is 0 Å². The monoisotopic (exact) mass is 304 g/mol. The fourth-order valence-electron chi connectivity index (χ4n) is 7.20. The second-order valence-corrected chi connectivity index (χ2v) is 9.21. The average Bonchev–Trinajstić information content (AvgIpc) is 2.82. The molecule has 2 heteroatoms. The molecule has 22 heavy (non-hydrogen) atoms. The first-order valence-corrected chi connectivity index (χ1v) is 9.55. The third kappa shape index (κ3) is 1.92. The molecule has 0 aliphatic heterocycles. The molecular formula is C20H32O2. The number of hydrogen-bond acceptors (Lipinski definition) is 2. The van der Waals surface area contributed by atoms with Crippen LogP contribution in [0.3, 0.4) is 0 Å². The number of fused-ring (bicyclic) bond motifs is 5. The zero-order valence-electron chi connectivity index (χ0n) is 14.6. The van der Waals surface area contributed by atoms with E-state index in [0.29, 0.717) is 23.2 Å². The molecule has 4 fully saturated rings. The lowest BCUT2D eigenvalue weighted by atomic mass is 9.45. The highest BCUT2D eigenvalue weighted by Gasteiger charge is 2.60. The predicted molar refractivity (Wildman–Crippen MR) is 87.5 cm³/mol. The Morgan fingerprint density at radius 1 is 1.00 bits per heavy atom. The normalized spacial score (nSPS) is 54.5. The van der Waals surface area contributed by atoms with Crippen LogP contribution in [0.15, 0.2) is 0 Å². The second-order valence-electron chi connectivity index (χ2n) is 9.21. The number of Topliss-reactive ketones (excluding diaryl/α,β-unsaturated/α-hetero) is 1. The van der Waals surface area contributed by atoms with Crippen molar-refractivity contribution in [1.29, 1.82) is 0 Å². The molecule has 0 aromatic rings. The quantitative estimate of drug-likeness (QED) is 0.707. The molecule has 4 rings (SSSR count). The van der Waals surface area contributed by atoms with E-state index in [9.17, 15) is 4.79 Å². The molecule has 0 saturated heterocycles. The van der Waals surface area contributed by atoms with Gasteiger partial charge in [0.25, 0.3) is 0 Å². The van der Waals surface area contributed by atoms with Crippen molar-refractivity contribution < 1.29 is 9.53 Å². The van der Waals surface area contributed by atoms with Gasteiger partial charge < -0.3 is 4.74 Å². The van der Waals surface area contributed by atoms with Crippen LogP contribution >= 0.6 is 0 Å². The Bertz CT molecular complexity index is 472. The van der Waals surface area contributed by atoms with Gasteiger partial charge in [0, 0.05) is 18.9 Å². The molecule has 4 saturated carbocycles. The van der Waals surface area contributed by atoms with Gasteiger partial charge in [-0.25, -0.2) is 0 Å². The lowest BCUT2D eigenvalue weighted by Gasteiger charge is -2.60. The molecule has 0 heterocycles. The molecule has 0 N–H and O–H groups in total. The maximum atomic E-state index is 12.4. The predicted octanol–water partition coefficient (Wildman–Crippen LogP) is 4.61. The summed E-state index contributed by atoms with van der Waals surface area (Å²) in [6, 6.07) is 0. The summed E-state index contributed by atoms with van der Waals surface area (Å²) in [4.78, 5) is 12.4. The van der Waals surface area contributed by atoms with Gasteiger partial charge in [0.05, 0.1) is 6.10 Å². The van der Waals surface area contributed by atoms with Crippen LogP contribution in [0.2, 0.25) is 0 Å². The third-order valence-corrected chi connectivity index (χ3v) is 8.66. The van der Waals surface area contributed by atoms with E-state index in [1.807, 2.05) is 7.11 Å². The fraction of sp³-hybridized carbons (Fsp3) is 0.950. The number of hydrogen-bond donors (Lipinski definition) is 0. The SMILES string of the molecule is CO[C@H]1CC[C@@]2(C)[C@@H](CC[C@H]3C4CCC(=O)[C@@]4(C)CC[C@@H]32)C1. The maximum absolute atomic E-state index is 12.4. The summed E-state index contributed by atoms with van der Waals surface area (Å²) in [5.41, 5.74) is 0.555. The summed E-state index contributed by atoms with van der Waals surface area (Å²) >= 11 is 0. The lowest BCUT2D eigenvalue weighted by molar-refractivity contribution is -0.143. The van der Waals surface area contributed by atoms with E-state index in [2.05, 4.69) is 13.8 Å². The zero-order valence-corrected chi connectivity index (χ0v) is 14.6. The highest BCUT2D eigenvalue weighted by atomic mass is 16.5. The molecule has 0 aromatic carbocycles. The van der Waals surface area contributed by atoms with Gasteiger partial charge in [-0.1, -0.05) is 13.8 Å². The number of rotatable bonds is 1. The first-order valence-electron chi connectivity index (χ1n) is 9.55. The highest BCUT2D eigenvalue weighted by molar-refractivity contribution is 5.87. The van der Waals surface area contributed by atoms with Crippen LogP contribution in [0, 0.1) is 34.5 Å². The molecule has 1 unspecified atom stereocenters. The Kier molecular flexibility index (Phi) is 3.49. The maximum Gasteiger partial charge on any atom is 0.139 e. The number of carbonyl (C=O) groups excluding carboxylic acids is 1. The Hall–Kier alpha value is -0.370. The van der Waals surface area contributed by atoms with Gasteiger partial charge in [-0.2, -0.15) is 0 Å². The van der Waals surface area contributed by atoms with Crippen molar-refractivity contribution in [2.45, 2.75) is 77.7 Å². The molecule has 0 aromatic heterocycles. The number of ether oxygens (including phenoxy) is 1. The molecule has 2 nitrogen and oxygen atoms in total. The molecular weight excluding hydrogens is 272 g/mol. The Balaban J connectivity index is 1.60. The van der Waals surface area contributed by atoms with Gasteiger partial charge in [-0.05, 0) is 80.5 Å². The molecule has 4 aliphatic carbocycles. The van der Waals surface area contributed by atoms with Crippen LogP contribution in [-0.2, 0) is 9.53 Å². The second kappa shape index (κ2) is 5.06. The van der Waals surface area contributed by atoms with Crippen molar-refractivity contribution in [2.24, 2.45) is 34.5 Å². The van der Waals surface area contributed by atoms with Crippen LogP contribution in [0.1, 0.15) is 71.6 Å². The minimum atomic E-state index is 0.0358. The van der Waals surface area contributed by atoms with Crippen molar-refractivity contribution in [2.75, 3.05) is 7.11 Å². The fourth-order valence-corrected chi connectivity index (χ4v) is 7.20. The van der Waals surface area contributed by atoms with Crippen molar-refractivity contribution in [3.63, 3.8) is 0 Å². The molecule has 124 valence electrons. The van der Waals surface area contributed by atoms with Crippen LogP contribution in [-0.4, -0.2) is 19.0 Å². The highest BCUT2D eigenvalue weighted by Crippen LogP contribution is 2.65. The Morgan fingerprint density at radius 3 is 2.59 bits per heavy atom. The largest absolute Gasteiger partial charge is 0.381 e. The van der Waals surface area contributed by atoms with E-state index in [1.54, 1.807) is 0 Å². The van der Waals surface area contributed by atoms with Crippen LogP contribution in [0.4, 0.5) is 0 Å². The van der Waals surface area contributed by atoms with E-state index >= 15 is 0 Å². The van der Waals surface area contributed by atoms with Crippen molar-refractivity contribution in [3.05, 3.63) is 0 Å². The van der Waals surface area contributed by atoms with Gasteiger partial charge in [-0.15, -0.1) is 0 Å². The number of carbonyl (C=O) groups is 1. The van der Waals surface area contributed by atoms with E-state index in [-0.39, 0.29) is 5.41 Å². The Labute approximate surface area is 135 Å². The summed E-state index contributed by atoms with van der Waals surface area (Å²) in [6.45, 7) is 4.87. The summed E-state index contributed by atoms with van der Waals surface area (Å²) in [5, 5.41) is 0. The Morgan fingerprint density at radius 2 is 1.82 bits per heavy atom. The first-order chi connectivity index (χ1) is 10.5. The van der Waals surface area contributed by atoms with Gasteiger partial charge >= 0.3 is 0 Å². The van der Waals surface area contributed by atoms with Crippen molar-refractivity contribution in [1.82, 2.24) is 0 Å². The van der Waals surface area contributed by atoms with Gasteiger partial charge in [0.1, 0.15) is 5.78 Å². The molecule has 0 radical (unpaired) electrons. The average molecular weight is 304 g/mol. The van der Waals surface area contributed by atoms with E-state index < -0.39 is 0 Å². The van der Waals surface area contributed by atoms with Crippen LogP contribution in [0.5, 0.6) is 0 Å². The first kappa shape index (κ1) is 15.2. The molecule has 0 amide bonds. The molecule has 7 atom stereocenters. The smallest absolute Gasteiger partial charge is 0.139 e. The van der Waals surface area contributed by atoms with Gasteiger partial charge in [0.2, 0.25) is 0 Å². The number of methoxy groups -OCH3 is 1. The molecule has 0 spiro atoms. The zero-order chi connectivity index (χ0) is 15.5. The van der Waals surface area contributed by atoms with Gasteiger partial charge in [0.15, 0.2) is 0 Å². The lowest BCUT2D eigenvalue weighted by Crippen LogP contribution is -2.54. The third-order valence-electron chi connectivity index (χ3n) is 8.66.